The normalized spacial score (nSPS) is 21.0. The number of aromatic amines is 1. The van der Waals surface area contributed by atoms with Crippen LogP contribution in [0, 0.1) is 0 Å². The largest absolute Gasteiger partial charge is 0.508 e. The van der Waals surface area contributed by atoms with Gasteiger partial charge in [-0.05, 0) is 22.3 Å². The van der Waals surface area contributed by atoms with Crippen LogP contribution in [-0.2, 0) is 18.7 Å². The number of nitrogen functional groups attached to an aromatic ring is 1. The van der Waals surface area contributed by atoms with Crippen molar-refractivity contribution in [3.05, 3.63) is 76.3 Å². The molecule has 2 aliphatic rings. The number of anilines is 1. The molecule has 6 rings (SSSR count). The van der Waals surface area contributed by atoms with Crippen molar-refractivity contribution in [1.82, 2.24) is 19.5 Å². The van der Waals surface area contributed by atoms with E-state index in [0.29, 0.717) is 0 Å². The Morgan fingerprint density at radius 2 is 1.79 bits per heavy atom. The van der Waals surface area contributed by atoms with Gasteiger partial charge in [-0.3, -0.25) is 19.8 Å². The Labute approximate surface area is 222 Å². The van der Waals surface area contributed by atoms with E-state index < -0.39 is 38.7 Å². The van der Waals surface area contributed by atoms with Crippen LogP contribution >= 0.6 is 8.53 Å². The molecule has 1 aliphatic carbocycles. The monoisotopic (exact) mass is 552 g/mol. The summed E-state index contributed by atoms with van der Waals surface area (Å²) in [5, 5.41) is 0. The zero-order valence-corrected chi connectivity index (χ0v) is 21.4. The van der Waals surface area contributed by atoms with Gasteiger partial charge >= 0.3 is 6.16 Å². The Bertz CT molecular complexity index is 1550. The number of benzene rings is 2. The minimum Gasteiger partial charge on any atom is -0.433 e. The van der Waals surface area contributed by atoms with Gasteiger partial charge in [0, 0.05) is 12.3 Å². The van der Waals surface area contributed by atoms with E-state index in [-0.39, 0.29) is 42.7 Å². The molecule has 3 heterocycles. The molecule has 1 saturated heterocycles. The molecule has 0 spiro atoms. The first-order valence-electron chi connectivity index (χ1n) is 12.1. The Morgan fingerprint density at radius 3 is 2.49 bits per heavy atom. The van der Waals surface area contributed by atoms with Crippen molar-refractivity contribution in [2.45, 2.75) is 30.8 Å². The lowest BCUT2D eigenvalue weighted by atomic mass is 9.98. The van der Waals surface area contributed by atoms with Gasteiger partial charge in [0.05, 0.1) is 12.4 Å². The number of imidazole rings is 1. The third kappa shape index (κ3) is 4.86. The maximum atomic E-state index is 12.6. The van der Waals surface area contributed by atoms with Gasteiger partial charge in [-0.25, -0.2) is 9.78 Å². The zero-order chi connectivity index (χ0) is 27.1. The van der Waals surface area contributed by atoms with E-state index in [1.807, 2.05) is 36.4 Å². The molecule has 4 aromatic rings. The highest BCUT2D eigenvalue weighted by Crippen LogP contribution is 2.44. The Morgan fingerprint density at radius 1 is 1.13 bits per heavy atom. The van der Waals surface area contributed by atoms with Crippen LogP contribution in [-0.4, -0.2) is 56.0 Å². The van der Waals surface area contributed by atoms with E-state index in [4.69, 9.17) is 30.0 Å². The van der Waals surface area contributed by atoms with Gasteiger partial charge in [-0.2, -0.15) is 4.98 Å². The second kappa shape index (κ2) is 10.4. The van der Waals surface area contributed by atoms with Gasteiger partial charge in [0.2, 0.25) is 14.5 Å². The van der Waals surface area contributed by atoms with Crippen molar-refractivity contribution in [1.29, 1.82) is 0 Å². The van der Waals surface area contributed by atoms with Crippen LogP contribution in [0.15, 0.2) is 59.7 Å². The Balaban J connectivity index is 1.12. The fourth-order valence-electron chi connectivity index (χ4n) is 5.21. The number of rotatable bonds is 7. The number of hydrogen-bond donors (Lipinski definition) is 4. The summed E-state index contributed by atoms with van der Waals surface area (Å²) >= 11 is 0. The topological polar surface area (TPSA) is 190 Å². The van der Waals surface area contributed by atoms with Crippen molar-refractivity contribution >= 4 is 31.8 Å². The number of nitrogens with one attached hydrogen (secondary N) is 1. The van der Waals surface area contributed by atoms with Crippen molar-refractivity contribution in [2.24, 2.45) is 5.50 Å². The van der Waals surface area contributed by atoms with Crippen molar-refractivity contribution in [3.63, 3.8) is 0 Å². The van der Waals surface area contributed by atoms with E-state index in [0.717, 1.165) is 22.3 Å². The summed E-state index contributed by atoms with van der Waals surface area (Å²) in [7, 11) is -2.22. The third-order valence-electron chi connectivity index (χ3n) is 6.88. The summed E-state index contributed by atoms with van der Waals surface area (Å²) in [5.74, 6) is -0.183. The number of carbonyl (C=O) groups excluding carboxylic acids is 1. The number of carbonyl (C=O) groups is 1. The Kier molecular flexibility index (Phi) is 6.75. The maximum Gasteiger partial charge on any atom is 0.508 e. The summed E-state index contributed by atoms with van der Waals surface area (Å²) in [6.45, 7) is -0.113. The van der Waals surface area contributed by atoms with Gasteiger partial charge in [0.15, 0.2) is 11.2 Å². The smallest absolute Gasteiger partial charge is 0.433 e. The number of ether oxygens (including phenoxy) is 3. The van der Waals surface area contributed by atoms with Crippen LogP contribution in [0.2, 0.25) is 0 Å². The highest BCUT2D eigenvalue weighted by atomic mass is 31.2. The molecule has 4 atom stereocenters. The number of nitrogens with two attached hydrogens (primary N) is 2. The SMILES string of the molecule is Nc1nc2c(ncn2[C@H]2C[C@H](OP(N)O)[C@@H](COC(=O)OCC3c4ccccc4-c4ccccc43)O2)c(=O)[nH]1. The van der Waals surface area contributed by atoms with Crippen LogP contribution in [0.4, 0.5) is 10.7 Å². The molecule has 14 heteroatoms. The average molecular weight is 552 g/mol. The molecule has 13 nitrogen and oxygen atoms in total. The molecule has 1 unspecified atom stereocenters. The minimum atomic E-state index is -2.22. The first-order chi connectivity index (χ1) is 18.9. The molecule has 0 radical (unpaired) electrons. The van der Waals surface area contributed by atoms with Crippen LogP contribution in [0.3, 0.4) is 0 Å². The first kappa shape index (κ1) is 25.4. The molecule has 1 fully saturated rings. The first-order valence-corrected chi connectivity index (χ1v) is 13.4. The number of fused-ring (bicyclic) bond motifs is 4. The molecule has 0 amide bonds. The maximum absolute atomic E-state index is 12.6. The number of hydrogen-bond acceptors (Lipinski definition) is 11. The lowest BCUT2D eigenvalue weighted by molar-refractivity contribution is -0.0532. The van der Waals surface area contributed by atoms with Crippen molar-refractivity contribution in [3.8, 4) is 11.1 Å². The summed E-state index contributed by atoms with van der Waals surface area (Å²) in [6, 6.07) is 16.0. The molecule has 2 aromatic heterocycles. The van der Waals surface area contributed by atoms with Gasteiger partial charge in [0.1, 0.15) is 25.5 Å². The van der Waals surface area contributed by atoms with Gasteiger partial charge < -0.3 is 29.4 Å². The fraction of sp³-hybridized carbons (Fsp3) is 0.280. The van der Waals surface area contributed by atoms with Gasteiger partial charge in [0.25, 0.3) is 5.56 Å². The Hall–Kier alpha value is -3.87. The van der Waals surface area contributed by atoms with Gasteiger partial charge in [-0.15, -0.1) is 0 Å². The summed E-state index contributed by atoms with van der Waals surface area (Å²) in [6.07, 6.45) is -1.44. The number of aromatic nitrogens is 4. The van der Waals surface area contributed by atoms with Gasteiger partial charge in [-0.1, -0.05) is 48.5 Å². The lowest BCUT2D eigenvalue weighted by Gasteiger charge is -2.19. The van der Waals surface area contributed by atoms with Crippen LogP contribution in [0.5, 0.6) is 0 Å². The minimum absolute atomic E-state index is 0.0731. The van der Waals surface area contributed by atoms with Crippen LogP contribution in [0.1, 0.15) is 29.7 Å². The van der Waals surface area contributed by atoms with E-state index in [1.54, 1.807) is 0 Å². The van der Waals surface area contributed by atoms with E-state index in [1.165, 1.54) is 10.9 Å². The van der Waals surface area contributed by atoms with E-state index in [2.05, 4.69) is 27.1 Å². The van der Waals surface area contributed by atoms with E-state index >= 15 is 0 Å². The summed E-state index contributed by atoms with van der Waals surface area (Å²) in [4.78, 5) is 45.0. The predicted octanol–water partition coefficient (Wildman–Crippen LogP) is 2.52. The van der Waals surface area contributed by atoms with Crippen molar-refractivity contribution < 1.29 is 28.4 Å². The van der Waals surface area contributed by atoms with E-state index in [9.17, 15) is 14.5 Å². The molecule has 1 aliphatic heterocycles. The predicted molar refractivity (Wildman–Crippen MR) is 140 cm³/mol. The molecule has 0 saturated carbocycles. The third-order valence-corrected chi connectivity index (χ3v) is 7.37. The molecule has 202 valence electrons. The van der Waals surface area contributed by atoms with Crippen LogP contribution < -0.4 is 16.8 Å². The zero-order valence-electron chi connectivity index (χ0n) is 20.5. The number of H-pyrrole nitrogens is 1. The highest BCUT2D eigenvalue weighted by Gasteiger charge is 2.40. The molecular weight excluding hydrogens is 527 g/mol. The fourth-order valence-corrected chi connectivity index (χ4v) is 5.71. The second-order valence-electron chi connectivity index (χ2n) is 9.19. The summed E-state index contributed by atoms with van der Waals surface area (Å²) in [5.41, 5.74) is 15.4. The summed E-state index contributed by atoms with van der Waals surface area (Å²) < 4.78 is 23.9. The molecule has 6 N–H and O–H groups in total. The molecule has 39 heavy (non-hydrogen) atoms. The second-order valence-corrected chi connectivity index (χ2v) is 10.0. The molecule has 0 bridgehead atoms. The number of nitrogens with zero attached hydrogens (tertiary/aromatic N) is 3. The van der Waals surface area contributed by atoms with Crippen LogP contribution in [0.25, 0.3) is 22.3 Å². The highest BCUT2D eigenvalue weighted by molar-refractivity contribution is 7.43. The van der Waals surface area contributed by atoms with Crippen molar-refractivity contribution in [2.75, 3.05) is 18.9 Å². The molecular formula is C25H25N6O7P. The molecule has 2 aromatic carbocycles. The standard InChI is InChI=1S/C25H25N6O7P/c26-24-29-22-21(23(32)30-24)28-12-31(22)20-9-18(38-39(27)34)19(37-20)11-36-25(33)35-10-17-15-7-3-1-5-13(15)14-6-2-4-8-16(14)17/h1-8,12,17-20,34H,9-11,27H2,(H3,26,29,30,32)/t18-,19+,20+,39?/m0/s1. The quantitative estimate of drug-likeness (QED) is 0.195. The lowest BCUT2D eigenvalue weighted by Crippen LogP contribution is -2.30. The average Bonchev–Trinajstić information content (AvgIpc) is 3.60.